The van der Waals surface area contributed by atoms with Crippen LogP contribution in [-0.4, -0.2) is 36.1 Å². The van der Waals surface area contributed by atoms with Gasteiger partial charge in [0.25, 0.3) is 5.91 Å². The summed E-state index contributed by atoms with van der Waals surface area (Å²) in [7, 11) is 1.63. The van der Waals surface area contributed by atoms with Crippen molar-refractivity contribution in [2.24, 2.45) is 0 Å². The maximum absolute atomic E-state index is 12.0. The van der Waals surface area contributed by atoms with E-state index in [1.165, 1.54) is 12.4 Å². The van der Waals surface area contributed by atoms with Crippen LogP contribution in [0.5, 0.6) is 11.6 Å². The van der Waals surface area contributed by atoms with Crippen LogP contribution in [0.3, 0.4) is 0 Å². The molecule has 0 saturated heterocycles. The maximum atomic E-state index is 12.0. The van der Waals surface area contributed by atoms with Crippen molar-refractivity contribution < 1.29 is 14.3 Å². The highest BCUT2D eigenvalue weighted by Crippen LogP contribution is 2.12. The molecule has 1 aromatic carbocycles. The molecule has 1 heterocycles. The summed E-state index contributed by atoms with van der Waals surface area (Å²) >= 11 is 0. The fraction of sp³-hybridized carbons (Fsp3) is 0.312. The van der Waals surface area contributed by atoms with Crippen LogP contribution in [0.25, 0.3) is 0 Å². The molecule has 1 aromatic heterocycles. The van der Waals surface area contributed by atoms with E-state index in [9.17, 15) is 4.79 Å². The van der Waals surface area contributed by atoms with Crippen molar-refractivity contribution in [3.63, 3.8) is 0 Å². The molecule has 22 heavy (non-hydrogen) atoms. The summed E-state index contributed by atoms with van der Waals surface area (Å²) in [6.45, 7) is 2.86. The van der Waals surface area contributed by atoms with Crippen molar-refractivity contribution in [2.75, 3.05) is 20.3 Å². The van der Waals surface area contributed by atoms with Crippen molar-refractivity contribution in [1.29, 1.82) is 0 Å². The molecule has 0 atom stereocenters. The van der Waals surface area contributed by atoms with E-state index in [0.717, 1.165) is 11.3 Å². The number of methoxy groups -OCH3 is 1. The fourth-order valence-corrected chi connectivity index (χ4v) is 1.93. The smallest absolute Gasteiger partial charge is 0.270 e. The number of amides is 1. The first kappa shape index (κ1) is 15.8. The minimum atomic E-state index is -0.244. The van der Waals surface area contributed by atoms with Gasteiger partial charge in [0.2, 0.25) is 5.88 Å². The van der Waals surface area contributed by atoms with E-state index in [1.54, 1.807) is 7.11 Å². The first-order chi connectivity index (χ1) is 10.7. The molecule has 6 nitrogen and oxygen atoms in total. The molecule has 0 spiro atoms. The normalized spacial score (nSPS) is 10.1. The number of carbonyl (C=O) groups is 1. The van der Waals surface area contributed by atoms with E-state index in [2.05, 4.69) is 15.3 Å². The molecule has 0 saturated carbocycles. The summed E-state index contributed by atoms with van der Waals surface area (Å²) in [6.07, 6.45) is 2.04. The Morgan fingerprint density at radius 2 is 2.14 bits per heavy atom. The Bertz CT molecular complexity index is 632. The molecule has 0 bridgehead atoms. The summed E-state index contributed by atoms with van der Waals surface area (Å²) in [5.41, 5.74) is 1.39. The van der Waals surface area contributed by atoms with Gasteiger partial charge in [-0.15, -0.1) is 0 Å². The summed E-state index contributed by atoms with van der Waals surface area (Å²) in [6, 6.07) is 9.29. The predicted molar refractivity (Wildman–Crippen MR) is 82.2 cm³/mol. The van der Waals surface area contributed by atoms with Crippen LogP contribution in [-0.2, 0) is 6.42 Å². The monoisotopic (exact) mass is 301 g/mol. The Balaban J connectivity index is 1.88. The molecule has 0 fully saturated rings. The third kappa shape index (κ3) is 4.44. The number of carbonyl (C=O) groups excluding carboxylic acids is 1. The summed E-state index contributed by atoms with van der Waals surface area (Å²) in [5, 5.41) is 2.83. The van der Waals surface area contributed by atoms with Gasteiger partial charge in [-0.2, -0.15) is 0 Å². The van der Waals surface area contributed by atoms with Crippen LogP contribution in [0.2, 0.25) is 0 Å². The maximum Gasteiger partial charge on any atom is 0.270 e. The molecule has 116 valence electrons. The minimum Gasteiger partial charge on any atom is -0.497 e. The van der Waals surface area contributed by atoms with E-state index in [-0.39, 0.29) is 5.91 Å². The standard InChI is InChI=1S/C16H19N3O3/c1-3-22-15-10-14(18-11-19-15)16(20)17-8-7-12-5-4-6-13(9-12)21-2/h4-6,9-11H,3,7-8H2,1-2H3,(H,17,20). The van der Waals surface area contributed by atoms with Gasteiger partial charge in [0.1, 0.15) is 17.8 Å². The van der Waals surface area contributed by atoms with E-state index >= 15 is 0 Å². The zero-order valence-electron chi connectivity index (χ0n) is 12.7. The second kappa shape index (κ2) is 7.97. The first-order valence-electron chi connectivity index (χ1n) is 7.09. The Hall–Kier alpha value is -2.63. The van der Waals surface area contributed by atoms with E-state index < -0.39 is 0 Å². The molecular formula is C16H19N3O3. The average Bonchev–Trinajstić information content (AvgIpc) is 2.55. The van der Waals surface area contributed by atoms with Gasteiger partial charge in [0, 0.05) is 12.6 Å². The van der Waals surface area contributed by atoms with E-state index in [0.29, 0.717) is 31.1 Å². The van der Waals surface area contributed by atoms with E-state index in [1.807, 2.05) is 31.2 Å². The van der Waals surface area contributed by atoms with Crippen molar-refractivity contribution in [3.8, 4) is 11.6 Å². The summed E-state index contributed by atoms with van der Waals surface area (Å²) < 4.78 is 10.4. The molecule has 0 aliphatic rings. The highest BCUT2D eigenvalue weighted by Gasteiger charge is 2.08. The minimum absolute atomic E-state index is 0.244. The molecule has 0 unspecified atom stereocenters. The lowest BCUT2D eigenvalue weighted by Gasteiger charge is -2.07. The van der Waals surface area contributed by atoms with Gasteiger partial charge in [-0.25, -0.2) is 9.97 Å². The molecule has 2 rings (SSSR count). The first-order valence-corrected chi connectivity index (χ1v) is 7.09. The highest BCUT2D eigenvalue weighted by molar-refractivity contribution is 5.92. The van der Waals surface area contributed by atoms with Gasteiger partial charge in [0.05, 0.1) is 13.7 Å². The van der Waals surface area contributed by atoms with Gasteiger partial charge in [0.15, 0.2) is 0 Å². The third-order valence-electron chi connectivity index (χ3n) is 3.00. The van der Waals surface area contributed by atoms with Crippen LogP contribution in [0, 0.1) is 0 Å². The van der Waals surface area contributed by atoms with Crippen molar-refractivity contribution in [1.82, 2.24) is 15.3 Å². The molecule has 0 aliphatic carbocycles. The van der Waals surface area contributed by atoms with Crippen molar-refractivity contribution >= 4 is 5.91 Å². The zero-order valence-corrected chi connectivity index (χ0v) is 12.7. The van der Waals surface area contributed by atoms with Crippen LogP contribution in [0.15, 0.2) is 36.7 Å². The van der Waals surface area contributed by atoms with Crippen LogP contribution in [0.4, 0.5) is 0 Å². The average molecular weight is 301 g/mol. The Kier molecular flexibility index (Phi) is 5.71. The lowest BCUT2D eigenvalue weighted by Crippen LogP contribution is -2.26. The Labute approximate surface area is 129 Å². The van der Waals surface area contributed by atoms with Gasteiger partial charge in [-0.05, 0) is 31.0 Å². The van der Waals surface area contributed by atoms with Gasteiger partial charge >= 0.3 is 0 Å². The lowest BCUT2D eigenvalue weighted by molar-refractivity contribution is 0.0948. The molecule has 6 heteroatoms. The second-order valence-corrected chi connectivity index (χ2v) is 4.53. The fourth-order valence-electron chi connectivity index (χ4n) is 1.93. The van der Waals surface area contributed by atoms with Crippen molar-refractivity contribution in [3.05, 3.63) is 47.9 Å². The molecular weight excluding hydrogens is 282 g/mol. The van der Waals surface area contributed by atoms with Crippen LogP contribution >= 0.6 is 0 Å². The summed E-state index contributed by atoms with van der Waals surface area (Å²) in [4.78, 5) is 19.9. The van der Waals surface area contributed by atoms with Crippen molar-refractivity contribution in [2.45, 2.75) is 13.3 Å². The highest BCUT2D eigenvalue weighted by atomic mass is 16.5. The molecule has 0 aliphatic heterocycles. The SMILES string of the molecule is CCOc1cc(C(=O)NCCc2cccc(OC)c2)ncn1. The molecule has 1 amide bonds. The van der Waals surface area contributed by atoms with Gasteiger partial charge < -0.3 is 14.8 Å². The number of aromatic nitrogens is 2. The third-order valence-corrected chi connectivity index (χ3v) is 3.00. The van der Waals surface area contributed by atoms with Crippen LogP contribution < -0.4 is 14.8 Å². The molecule has 0 radical (unpaired) electrons. The predicted octanol–water partition coefficient (Wildman–Crippen LogP) is 1.86. The molecule has 1 N–H and O–H groups in total. The number of ether oxygens (including phenoxy) is 2. The number of benzene rings is 1. The number of rotatable bonds is 7. The van der Waals surface area contributed by atoms with Gasteiger partial charge in [-0.3, -0.25) is 4.79 Å². The Morgan fingerprint density at radius 3 is 2.91 bits per heavy atom. The summed E-state index contributed by atoms with van der Waals surface area (Å²) in [5.74, 6) is 0.961. The van der Waals surface area contributed by atoms with Crippen LogP contribution in [0.1, 0.15) is 23.0 Å². The number of nitrogens with one attached hydrogen (secondary N) is 1. The second-order valence-electron chi connectivity index (χ2n) is 4.53. The number of nitrogens with zero attached hydrogens (tertiary/aromatic N) is 2. The zero-order chi connectivity index (χ0) is 15.8. The molecule has 2 aromatic rings. The number of hydrogen-bond acceptors (Lipinski definition) is 5. The topological polar surface area (TPSA) is 73.3 Å². The quantitative estimate of drug-likeness (QED) is 0.845. The van der Waals surface area contributed by atoms with E-state index in [4.69, 9.17) is 9.47 Å². The number of hydrogen-bond donors (Lipinski definition) is 1. The van der Waals surface area contributed by atoms with Gasteiger partial charge in [-0.1, -0.05) is 12.1 Å². The largest absolute Gasteiger partial charge is 0.497 e. The lowest BCUT2D eigenvalue weighted by atomic mass is 10.1. The Morgan fingerprint density at radius 1 is 1.27 bits per heavy atom.